The second kappa shape index (κ2) is 8.14. The number of nitrogens with one attached hydrogen (secondary N) is 1. The minimum Gasteiger partial charge on any atom is -0.392 e. The maximum Gasteiger partial charge on any atom is 0.0560 e. The molecule has 0 spiro atoms. The van der Waals surface area contributed by atoms with Crippen LogP contribution in [-0.2, 0) is 0 Å². The van der Waals surface area contributed by atoms with E-state index in [1.54, 1.807) is 0 Å². The van der Waals surface area contributed by atoms with Crippen LogP contribution >= 0.6 is 7.14 Å². The lowest BCUT2D eigenvalue weighted by Gasteiger charge is -2.38. The van der Waals surface area contributed by atoms with Crippen LogP contribution in [0.2, 0.25) is 0 Å². The molecule has 1 amide bonds. The molecule has 0 aromatic heterocycles. The predicted octanol–water partition coefficient (Wildman–Crippen LogP) is 3.33. The van der Waals surface area contributed by atoms with Gasteiger partial charge in [0, 0.05) is 12.4 Å². The van der Waals surface area contributed by atoms with Gasteiger partial charge in [0.15, 0.2) is 0 Å². The minimum atomic E-state index is -2.18. The van der Waals surface area contributed by atoms with Gasteiger partial charge in [0.2, 0.25) is 0 Å². The summed E-state index contributed by atoms with van der Waals surface area (Å²) in [6.45, 7) is 4.48. The van der Waals surface area contributed by atoms with Gasteiger partial charge in [-0.2, -0.15) is 0 Å². The van der Waals surface area contributed by atoms with Gasteiger partial charge in [0.1, 0.15) is 0 Å². The lowest BCUT2D eigenvalue weighted by Crippen LogP contribution is -2.41. The van der Waals surface area contributed by atoms with Crippen molar-refractivity contribution in [3.8, 4) is 0 Å². The SMILES string of the molecule is CCNC(=O)[B-][P+](c1ccccc1)(c1ccccc1)c1ccccc1. The predicted molar refractivity (Wildman–Crippen MR) is 110 cm³/mol. The molecule has 1 N–H and O–H groups in total. The Morgan fingerprint density at radius 2 is 1.12 bits per heavy atom. The molecule has 124 valence electrons. The summed E-state index contributed by atoms with van der Waals surface area (Å²) in [5.41, 5.74) is 0. The van der Waals surface area contributed by atoms with Gasteiger partial charge in [-0.3, -0.25) is 0 Å². The van der Waals surface area contributed by atoms with Gasteiger partial charge in [-0.05, 0) is 43.3 Å². The smallest absolute Gasteiger partial charge is 0.0560 e. The van der Waals surface area contributed by atoms with Crippen molar-refractivity contribution >= 4 is 35.9 Å². The third kappa shape index (κ3) is 3.67. The zero-order valence-corrected chi connectivity index (χ0v) is 15.2. The van der Waals surface area contributed by atoms with Crippen molar-refractivity contribution in [3.05, 3.63) is 91.0 Å². The highest BCUT2D eigenvalue weighted by Crippen LogP contribution is 2.53. The quantitative estimate of drug-likeness (QED) is 0.539. The fourth-order valence-corrected chi connectivity index (χ4v) is 6.77. The van der Waals surface area contributed by atoms with Crippen molar-refractivity contribution in [2.45, 2.75) is 6.92 Å². The highest BCUT2D eigenvalue weighted by Gasteiger charge is 2.35. The van der Waals surface area contributed by atoms with Gasteiger partial charge in [0.05, 0.1) is 22.9 Å². The number of carbonyl (C=O) groups excluding carboxylic acids is 1. The summed E-state index contributed by atoms with van der Waals surface area (Å²) >= 11 is 0. The van der Waals surface area contributed by atoms with E-state index >= 15 is 0 Å². The third-order valence-corrected chi connectivity index (χ3v) is 8.11. The Hall–Kier alpha value is -2.38. The summed E-state index contributed by atoms with van der Waals surface area (Å²) in [5.74, 6) is -0.0209. The molecule has 0 saturated carbocycles. The fourth-order valence-electron chi connectivity index (χ4n) is 3.06. The van der Waals surface area contributed by atoms with Crippen molar-refractivity contribution < 1.29 is 4.79 Å². The second-order valence-electron chi connectivity index (χ2n) is 5.75. The van der Waals surface area contributed by atoms with Crippen molar-refractivity contribution in [1.82, 2.24) is 5.32 Å². The van der Waals surface area contributed by atoms with Crippen LogP contribution in [0.3, 0.4) is 0 Å². The molecule has 2 nitrogen and oxygen atoms in total. The first kappa shape index (κ1) is 17.4. The van der Waals surface area contributed by atoms with Crippen molar-refractivity contribution in [2.75, 3.05) is 6.54 Å². The molecule has 3 rings (SSSR count). The average molecular weight is 345 g/mol. The molecule has 0 heterocycles. The summed E-state index contributed by atoms with van der Waals surface area (Å²) in [5, 5.41) is 6.48. The van der Waals surface area contributed by atoms with E-state index in [4.69, 9.17) is 0 Å². The largest absolute Gasteiger partial charge is 0.392 e. The molecular formula is C21H21BNOP. The van der Waals surface area contributed by atoms with Gasteiger partial charge in [-0.25, -0.2) is 0 Å². The van der Waals surface area contributed by atoms with Crippen molar-refractivity contribution in [3.63, 3.8) is 0 Å². The molecule has 3 aromatic rings. The number of carbonyl (C=O) groups is 1. The number of amides is 1. The van der Waals surface area contributed by atoms with Gasteiger partial charge in [-0.15, -0.1) is 7.14 Å². The summed E-state index contributed by atoms with van der Waals surface area (Å²) in [4.78, 5) is 12.6. The van der Waals surface area contributed by atoms with Crippen LogP contribution in [0.1, 0.15) is 6.92 Å². The Bertz CT molecular complexity index is 712. The van der Waals surface area contributed by atoms with E-state index in [-0.39, 0.29) is 5.81 Å². The zero-order chi connectivity index (χ0) is 17.5. The van der Waals surface area contributed by atoms with Crippen LogP contribution < -0.4 is 21.2 Å². The van der Waals surface area contributed by atoms with Crippen LogP contribution in [0.5, 0.6) is 0 Å². The standard InChI is InChI=1S/C21H20BNOP/c1-2-23-21(24)22-25(18-12-6-3-7-13-18,19-14-8-4-9-15-19)20-16-10-5-11-17-20/h3-17H,2H2,1H3/q-1/p+1. The van der Waals surface area contributed by atoms with Gasteiger partial charge < -0.3 is 10.1 Å². The lowest BCUT2D eigenvalue weighted by molar-refractivity contribution is 0.260. The van der Waals surface area contributed by atoms with Gasteiger partial charge in [-0.1, -0.05) is 54.6 Å². The molecule has 2 radical (unpaired) electrons. The molecule has 0 bridgehead atoms. The van der Waals surface area contributed by atoms with E-state index in [2.05, 4.69) is 41.7 Å². The Morgan fingerprint density at radius 1 is 0.760 bits per heavy atom. The van der Waals surface area contributed by atoms with E-state index in [0.717, 1.165) is 0 Å². The van der Waals surface area contributed by atoms with Crippen molar-refractivity contribution in [1.29, 1.82) is 0 Å². The molecule has 3 aromatic carbocycles. The van der Waals surface area contributed by atoms with Crippen LogP contribution in [0.25, 0.3) is 0 Å². The molecule has 4 heteroatoms. The molecule has 0 atom stereocenters. The van der Waals surface area contributed by atoms with Crippen LogP contribution in [0.4, 0.5) is 4.79 Å². The van der Waals surface area contributed by atoms with E-state index in [0.29, 0.717) is 6.54 Å². The van der Waals surface area contributed by atoms with Crippen LogP contribution in [-0.4, -0.2) is 19.4 Å². The van der Waals surface area contributed by atoms with Crippen LogP contribution in [0, 0.1) is 0 Å². The summed E-state index contributed by atoms with van der Waals surface area (Å²) in [6.07, 6.45) is 0. The Morgan fingerprint density at radius 3 is 1.44 bits per heavy atom. The maximum atomic E-state index is 12.6. The Kier molecular flexibility index (Phi) is 5.68. The molecule has 0 fully saturated rings. The average Bonchev–Trinajstić information content (AvgIpc) is 2.68. The Labute approximate surface area is 150 Å². The summed E-state index contributed by atoms with van der Waals surface area (Å²) < 4.78 is 0. The molecule has 0 aliphatic heterocycles. The van der Waals surface area contributed by atoms with Crippen LogP contribution in [0.15, 0.2) is 91.0 Å². The number of hydrogen-bond donors (Lipinski definition) is 1. The fraction of sp³-hybridized carbons (Fsp3) is 0.0952. The zero-order valence-electron chi connectivity index (χ0n) is 14.3. The van der Waals surface area contributed by atoms with Gasteiger partial charge in [0.25, 0.3) is 0 Å². The van der Waals surface area contributed by atoms with E-state index < -0.39 is 7.14 Å². The summed E-state index contributed by atoms with van der Waals surface area (Å²) in [7, 11) is -2.18. The number of benzene rings is 3. The third-order valence-electron chi connectivity index (χ3n) is 4.15. The molecular weight excluding hydrogens is 324 g/mol. The number of hydrogen-bond acceptors (Lipinski definition) is 1. The lowest BCUT2D eigenvalue weighted by atomic mass is 10.1. The van der Waals surface area contributed by atoms with E-state index in [9.17, 15) is 4.79 Å². The van der Waals surface area contributed by atoms with E-state index in [1.165, 1.54) is 15.9 Å². The maximum absolute atomic E-state index is 12.6. The second-order valence-corrected chi connectivity index (χ2v) is 9.01. The number of rotatable bonds is 6. The van der Waals surface area contributed by atoms with Gasteiger partial charge >= 0.3 is 0 Å². The summed E-state index contributed by atoms with van der Waals surface area (Å²) in [6, 6.07) is 31.1. The first-order chi connectivity index (χ1) is 12.3. The van der Waals surface area contributed by atoms with Crippen molar-refractivity contribution in [2.24, 2.45) is 0 Å². The first-order valence-electron chi connectivity index (χ1n) is 8.46. The monoisotopic (exact) mass is 345 g/mol. The normalized spacial score (nSPS) is 11.1. The molecule has 25 heavy (non-hydrogen) atoms. The molecule has 0 unspecified atom stereocenters. The Balaban J connectivity index is 2.26. The highest BCUT2D eigenvalue weighted by molar-refractivity contribution is 8.18. The first-order valence-corrected chi connectivity index (χ1v) is 10.3. The van der Waals surface area contributed by atoms with E-state index in [1.807, 2.05) is 68.5 Å². The highest BCUT2D eigenvalue weighted by atomic mass is 31.2. The molecule has 0 aliphatic rings. The molecule has 0 aliphatic carbocycles. The molecule has 0 saturated heterocycles. The topological polar surface area (TPSA) is 29.1 Å². The minimum absolute atomic E-state index is 0.0209.